The fourth-order valence-electron chi connectivity index (χ4n) is 3.78. The summed E-state index contributed by atoms with van der Waals surface area (Å²) in [6.45, 7) is -0.0512. The van der Waals surface area contributed by atoms with Gasteiger partial charge in [-0.05, 0) is 6.07 Å². The van der Waals surface area contributed by atoms with Gasteiger partial charge in [0.15, 0.2) is 11.5 Å². The molecule has 1 aliphatic heterocycles. The first kappa shape index (κ1) is 21.2. The zero-order valence-corrected chi connectivity index (χ0v) is 16.8. The number of imidazole rings is 1. The van der Waals surface area contributed by atoms with Crippen molar-refractivity contribution in [2.24, 2.45) is 0 Å². The molecule has 0 aliphatic carbocycles. The number of hydrogen-bond donors (Lipinski definition) is 0. The third-order valence-corrected chi connectivity index (χ3v) is 5.25. The minimum Gasteiger partial charge on any atom is -0.378 e. The van der Waals surface area contributed by atoms with Crippen molar-refractivity contribution in [1.82, 2.24) is 29.0 Å². The van der Waals surface area contributed by atoms with E-state index in [1.807, 2.05) is 0 Å². The summed E-state index contributed by atoms with van der Waals surface area (Å²) in [5.41, 5.74) is -0.194. The van der Waals surface area contributed by atoms with Crippen LogP contribution in [0.3, 0.4) is 0 Å². The Bertz CT molecular complexity index is 1370. The summed E-state index contributed by atoms with van der Waals surface area (Å²) in [4.78, 5) is 22.3. The molecule has 0 N–H and O–H groups in total. The second-order valence-corrected chi connectivity index (χ2v) is 7.46. The van der Waals surface area contributed by atoms with Crippen LogP contribution in [0.2, 0.25) is 0 Å². The molecule has 1 aliphatic rings. The highest BCUT2D eigenvalue weighted by Crippen LogP contribution is 2.31. The molecule has 0 unspecified atom stereocenters. The Kier molecular flexibility index (Phi) is 5.00. The highest BCUT2D eigenvalue weighted by atomic mass is 19.4. The van der Waals surface area contributed by atoms with Crippen LogP contribution in [0, 0.1) is 11.6 Å². The number of carbonyl (C=O) groups excluding carboxylic acids is 1. The van der Waals surface area contributed by atoms with Crippen LogP contribution in [0.1, 0.15) is 10.5 Å². The molecule has 0 spiro atoms. The van der Waals surface area contributed by atoms with Crippen molar-refractivity contribution in [1.29, 1.82) is 0 Å². The van der Waals surface area contributed by atoms with Gasteiger partial charge in [0.1, 0.15) is 23.7 Å². The number of aromatic nitrogens is 5. The first-order valence-corrected chi connectivity index (χ1v) is 9.84. The van der Waals surface area contributed by atoms with Crippen LogP contribution in [0.25, 0.3) is 27.9 Å². The number of alkyl halides is 3. The molecule has 5 heterocycles. The summed E-state index contributed by atoms with van der Waals surface area (Å²) >= 11 is 0. The molecule has 0 atom stereocenters. The highest BCUT2D eigenvalue weighted by Gasteiger charge is 2.31. The molecule has 33 heavy (non-hydrogen) atoms. The standard InChI is InChI=1S/C20H15F5N6O2/c21-11-5-13(22)18-27-8-16(30(18)9-11)17-12-7-26-14(19(32)29-1-3-33-4-2-29)6-15(12)31(28-17)10-20(23,24)25/h5-9H,1-4,10H2. The number of nitrogens with zero attached hydrogens (tertiary/aromatic N) is 6. The number of morpholine rings is 1. The van der Waals surface area contributed by atoms with Gasteiger partial charge in [-0.3, -0.25) is 18.9 Å². The van der Waals surface area contributed by atoms with E-state index in [-0.39, 0.29) is 33.6 Å². The number of rotatable bonds is 3. The van der Waals surface area contributed by atoms with Crippen molar-refractivity contribution in [2.45, 2.75) is 12.7 Å². The lowest BCUT2D eigenvalue weighted by Gasteiger charge is -2.26. The normalized spacial score (nSPS) is 15.0. The van der Waals surface area contributed by atoms with E-state index in [2.05, 4.69) is 15.1 Å². The summed E-state index contributed by atoms with van der Waals surface area (Å²) in [5, 5.41) is 4.22. The SMILES string of the molecule is O=C(c1cc2c(cn1)c(-c1cnc3c(F)cc(F)cn13)nn2CC(F)(F)F)N1CCOCC1. The Morgan fingerprint density at radius 3 is 2.58 bits per heavy atom. The van der Waals surface area contributed by atoms with Crippen LogP contribution in [0.5, 0.6) is 0 Å². The zero-order valence-electron chi connectivity index (χ0n) is 16.8. The van der Waals surface area contributed by atoms with Crippen LogP contribution < -0.4 is 0 Å². The largest absolute Gasteiger partial charge is 0.408 e. The molecule has 5 rings (SSSR count). The van der Waals surface area contributed by atoms with E-state index in [4.69, 9.17) is 4.74 Å². The summed E-state index contributed by atoms with van der Waals surface area (Å²) in [6, 6.07) is 1.89. The smallest absolute Gasteiger partial charge is 0.378 e. The molecule has 13 heteroatoms. The lowest BCUT2D eigenvalue weighted by Crippen LogP contribution is -2.41. The summed E-state index contributed by atoms with van der Waals surface area (Å²) in [6.07, 6.45) is -1.23. The van der Waals surface area contributed by atoms with Gasteiger partial charge in [-0.2, -0.15) is 18.3 Å². The van der Waals surface area contributed by atoms with E-state index in [9.17, 15) is 26.7 Å². The molecule has 0 aromatic carbocycles. The number of carbonyl (C=O) groups is 1. The van der Waals surface area contributed by atoms with Gasteiger partial charge in [-0.25, -0.2) is 13.8 Å². The average Bonchev–Trinajstić information content (AvgIpc) is 3.34. The Balaban J connectivity index is 1.67. The summed E-state index contributed by atoms with van der Waals surface area (Å²) < 4.78 is 74.6. The topological polar surface area (TPSA) is 77.6 Å². The number of fused-ring (bicyclic) bond motifs is 2. The molecular formula is C20H15F5N6O2. The van der Waals surface area contributed by atoms with E-state index >= 15 is 0 Å². The van der Waals surface area contributed by atoms with Gasteiger partial charge in [0.25, 0.3) is 5.91 Å². The van der Waals surface area contributed by atoms with Gasteiger partial charge < -0.3 is 9.64 Å². The van der Waals surface area contributed by atoms with Crippen LogP contribution in [-0.4, -0.2) is 67.4 Å². The molecule has 0 radical (unpaired) electrons. The maximum absolute atomic E-state index is 14.1. The molecule has 0 bridgehead atoms. The number of hydrogen-bond acceptors (Lipinski definition) is 5. The summed E-state index contributed by atoms with van der Waals surface area (Å²) in [7, 11) is 0. The Labute approximate surface area is 182 Å². The number of pyridine rings is 2. The molecule has 0 saturated carbocycles. The van der Waals surface area contributed by atoms with E-state index in [1.165, 1.54) is 23.4 Å². The predicted molar refractivity (Wildman–Crippen MR) is 104 cm³/mol. The van der Waals surface area contributed by atoms with Crippen LogP contribution >= 0.6 is 0 Å². The molecular weight excluding hydrogens is 451 g/mol. The monoisotopic (exact) mass is 466 g/mol. The Hall–Kier alpha value is -3.61. The van der Waals surface area contributed by atoms with Crippen molar-refractivity contribution >= 4 is 22.5 Å². The van der Waals surface area contributed by atoms with Crippen LogP contribution in [0.4, 0.5) is 22.0 Å². The molecule has 172 valence electrons. The molecule has 1 fully saturated rings. The fourth-order valence-corrected chi connectivity index (χ4v) is 3.78. The molecule has 1 amide bonds. The maximum Gasteiger partial charge on any atom is 0.408 e. The second kappa shape index (κ2) is 7.76. The van der Waals surface area contributed by atoms with Gasteiger partial charge >= 0.3 is 6.18 Å². The lowest BCUT2D eigenvalue weighted by atomic mass is 10.2. The highest BCUT2D eigenvalue weighted by molar-refractivity contribution is 5.99. The van der Waals surface area contributed by atoms with Crippen molar-refractivity contribution in [2.75, 3.05) is 26.3 Å². The molecule has 4 aromatic heterocycles. The first-order chi connectivity index (χ1) is 15.7. The van der Waals surface area contributed by atoms with E-state index in [1.54, 1.807) is 0 Å². The fraction of sp³-hybridized carbons (Fsp3) is 0.300. The Morgan fingerprint density at radius 2 is 1.85 bits per heavy atom. The van der Waals surface area contributed by atoms with Gasteiger partial charge in [-0.1, -0.05) is 0 Å². The van der Waals surface area contributed by atoms with Crippen molar-refractivity contribution in [3.8, 4) is 11.4 Å². The van der Waals surface area contributed by atoms with Gasteiger partial charge in [0, 0.05) is 36.9 Å². The average molecular weight is 466 g/mol. The van der Waals surface area contributed by atoms with Crippen molar-refractivity contribution < 1.29 is 31.5 Å². The quantitative estimate of drug-likeness (QED) is 0.434. The number of halogens is 5. The van der Waals surface area contributed by atoms with E-state index in [0.717, 1.165) is 10.6 Å². The number of amides is 1. The Morgan fingerprint density at radius 1 is 1.09 bits per heavy atom. The zero-order chi connectivity index (χ0) is 23.3. The third-order valence-electron chi connectivity index (χ3n) is 5.25. The van der Waals surface area contributed by atoms with E-state index < -0.39 is 30.3 Å². The molecule has 4 aromatic rings. The second-order valence-electron chi connectivity index (χ2n) is 7.46. The summed E-state index contributed by atoms with van der Waals surface area (Å²) in [5.74, 6) is -2.27. The van der Waals surface area contributed by atoms with Gasteiger partial charge in [-0.15, -0.1) is 0 Å². The predicted octanol–water partition coefficient (Wildman–Crippen LogP) is 3.06. The van der Waals surface area contributed by atoms with Crippen molar-refractivity contribution in [3.05, 3.63) is 48.1 Å². The third kappa shape index (κ3) is 3.88. The molecule has 8 nitrogen and oxygen atoms in total. The van der Waals surface area contributed by atoms with E-state index in [0.29, 0.717) is 37.1 Å². The minimum absolute atomic E-state index is 0.000703. The van der Waals surface area contributed by atoms with Crippen LogP contribution in [-0.2, 0) is 11.3 Å². The molecule has 1 saturated heterocycles. The number of ether oxygens (including phenoxy) is 1. The lowest BCUT2D eigenvalue weighted by molar-refractivity contribution is -0.141. The van der Waals surface area contributed by atoms with Crippen molar-refractivity contribution in [3.63, 3.8) is 0 Å². The first-order valence-electron chi connectivity index (χ1n) is 9.84. The van der Waals surface area contributed by atoms with Gasteiger partial charge in [0.05, 0.1) is 30.6 Å². The van der Waals surface area contributed by atoms with Crippen LogP contribution in [0.15, 0.2) is 30.7 Å². The maximum atomic E-state index is 14.1. The van der Waals surface area contributed by atoms with Gasteiger partial charge in [0.2, 0.25) is 0 Å². The minimum atomic E-state index is -4.61.